The van der Waals surface area contributed by atoms with Gasteiger partial charge in [-0.2, -0.15) is 8.78 Å². The Bertz CT molecular complexity index is 979. The monoisotopic (exact) mass is 400 g/mol. The van der Waals surface area contributed by atoms with Crippen LogP contribution in [0.3, 0.4) is 0 Å². The number of ether oxygens (including phenoxy) is 1. The fourth-order valence-electron chi connectivity index (χ4n) is 2.00. The van der Waals surface area contributed by atoms with Gasteiger partial charge >= 0.3 is 5.97 Å². The fourth-order valence-corrected chi connectivity index (χ4v) is 2.00. The quantitative estimate of drug-likeness (QED) is 0.120. The summed E-state index contributed by atoms with van der Waals surface area (Å²) in [5, 5.41) is 5.38. The smallest absolute Gasteiger partial charge is 0.333 e. The first-order valence-electron chi connectivity index (χ1n) is 7.37. The Labute approximate surface area is 153 Å². The maximum atomic E-state index is 13.6. The molecule has 0 radical (unpaired) electrons. The number of nitrogens with one attached hydrogen (secondary N) is 1. The van der Waals surface area contributed by atoms with Gasteiger partial charge in [0.1, 0.15) is 6.04 Å². The summed E-state index contributed by atoms with van der Waals surface area (Å²) in [5.41, 5.74) is 8.27. The zero-order valence-electron chi connectivity index (χ0n) is 13.8. The van der Waals surface area contributed by atoms with Gasteiger partial charge in [0.05, 0.1) is 5.69 Å². The van der Waals surface area contributed by atoms with Crippen molar-refractivity contribution in [3.05, 3.63) is 69.4 Å². The summed E-state index contributed by atoms with van der Waals surface area (Å²) in [4.78, 5) is 26.6. The minimum atomic E-state index is -2.41. The maximum Gasteiger partial charge on any atom is 0.333 e. The van der Waals surface area contributed by atoms with Crippen LogP contribution < -0.4 is 10.1 Å². The molecule has 0 heterocycles. The molecule has 1 amide bonds. The Morgan fingerprint density at radius 2 is 1.57 bits per heavy atom. The van der Waals surface area contributed by atoms with Crippen molar-refractivity contribution < 1.29 is 36.3 Å². The highest BCUT2D eigenvalue weighted by atomic mass is 19.2. The second-order valence-corrected chi connectivity index (χ2v) is 5.22. The average molecular weight is 400 g/mol. The lowest BCUT2D eigenvalue weighted by Gasteiger charge is -2.15. The molecule has 1 N–H and O–H groups in total. The molecule has 146 valence electrons. The minimum absolute atomic E-state index is 0.0668. The van der Waals surface area contributed by atoms with Crippen LogP contribution >= 0.6 is 0 Å². The highest BCUT2D eigenvalue weighted by Crippen LogP contribution is 2.29. The summed E-state index contributed by atoms with van der Waals surface area (Å²) >= 11 is 0. The first kappa shape index (κ1) is 20.6. The molecule has 0 spiro atoms. The molecule has 0 aromatic heterocycles. The Balaban J connectivity index is 2.21. The third-order valence-corrected chi connectivity index (χ3v) is 3.37. The van der Waals surface area contributed by atoms with Crippen molar-refractivity contribution in [3.8, 4) is 5.75 Å². The number of amides is 1. The number of benzene rings is 2. The van der Waals surface area contributed by atoms with E-state index in [1.165, 1.54) is 24.3 Å². The number of nitrogens with zero attached hydrogens (tertiary/aromatic N) is 3. The zero-order valence-corrected chi connectivity index (χ0v) is 13.8. The third kappa shape index (κ3) is 4.01. The number of halogens is 5. The second-order valence-electron chi connectivity index (χ2n) is 5.22. The van der Waals surface area contributed by atoms with Crippen LogP contribution in [0, 0.1) is 29.1 Å². The van der Waals surface area contributed by atoms with Gasteiger partial charge in [-0.15, -0.1) is 0 Å². The Hall–Kier alpha value is -3.66. The molecule has 0 saturated carbocycles. The van der Waals surface area contributed by atoms with E-state index in [4.69, 9.17) is 5.53 Å². The van der Waals surface area contributed by atoms with Crippen LogP contribution in [0.4, 0.5) is 27.6 Å². The molecular weight excluding hydrogens is 391 g/mol. The van der Waals surface area contributed by atoms with Crippen LogP contribution in [0.5, 0.6) is 5.75 Å². The van der Waals surface area contributed by atoms with Crippen LogP contribution in [-0.2, 0) is 4.79 Å². The molecule has 1 atom stereocenters. The molecule has 12 heteroatoms. The van der Waals surface area contributed by atoms with Crippen LogP contribution in [0.1, 0.15) is 17.3 Å². The molecule has 0 unspecified atom stereocenters. The van der Waals surface area contributed by atoms with E-state index < -0.39 is 52.8 Å². The SMILES string of the molecule is C[C@H](NC(=O)c1ccccc1N=[N+]=[N-])C(=O)Oc1c(F)c(F)c(F)c(F)c1F. The molecule has 2 aromatic rings. The summed E-state index contributed by atoms with van der Waals surface area (Å²) in [5.74, 6) is -15.9. The van der Waals surface area contributed by atoms with Crippen molar-refractivity contribution in [1.82, 2.24) is 5.32 Å². The predicted molar refractivity (Wildman–Crippen MR) is 84.0 cm³/mol. The topological polar surface area (TPSA) is 104 Å². The van der Waals surface area contributed by atoms with E-state index in [2.05, 4.69) is 20.1 Å². The minimum Gasteiger partial charge on any atom is -0.418 e. The van der Waals surface area contributed by atoms with Crippen molar-refractivity contribution in [3.63, 3.8) is 0 Å². The number of carbonyl (C=O) groups is 2. The first-order chi connectivity index (χ1) is 13.2. The number of esters is 1. The molecule has 2 rings (SSSR count). The van der Waals surface area contributed by atoms with Gasteiger partial charge in [0.2, 0.25) is 34.8 Å². The van der Waals surface area contributed by atoms with Gasteiger partial charge in [0, 0.05) is 10.5 Å². The number of carbonyl (C=O) groups excluding carboxylic acids is 2. The van der Waals surface area contributed by atoms with Crippen LogP contribution in [0.2, 0.25) is 0 Å². The van der Waals surface area contributed by atoms with E-state index in [0.29, 0.717) is 0 Å². The molecule has 0 aliphatic rings. The average Bonchev–Trinajstić information content (AvgIpc) is 2.68. The lowest BCUT2D eigenvalue weighted by atomic mass is 10.1. The van der Waals surface area contributed by atoms with Gasteiger partial charge in [-0.3, -0.25) is 4.79 Å². The molecule has 2 aromatic carbocycles. The molecular formula is C16H9F5N4O3. The maximum absolute atomic E-state index is 13.6. The summed E-state index contributed by atoms with van der Waals surface area (Å²) in [6.45, 7) is 1.04. The lowest BCUT2D eigenvalue weighted by Crippen LogP contribution is -2.41. The van der Waals surface area contributed by atoms with E-state index in [1.807, 2.05) is 0 Å². The van der Waals surface area contributed by atoms with Crippen LogP contribution in [-0.4, -0.2) is 17.9 Å². The van der Waals surface area contributed by atoms with E-state index in [-0.39, 0.29) is 11.3 Å². The van der Waals surface area contributed by atoms with E-state index in [9.17, 15) is 31.5 Å². The normalized spacial score (nSPS) is 11.4. The first-order valence-corrected chi connectivity index (χ1v) is 7.37. The number of hydrogen-bond donors (Lipinski definition) is 1. The third-order valence-electron chi connectivity index (χ3n) is 3.37. The van der Waals surface area contributed by atoms with Crippen LogP contribution in [0.25, 0.3) is 10.4 Å². The highest BCUT2D eigenvalue weighted by Gasteiger charge is 2.30. The van der Waals surface area contributed by atoms with E-state index in [0.717, 1.165) is 6.92 Å². The van der Waals surface area contributed by atoms with Crippen molar-refractivity contribution in [2.75, 3.05) is 0 Å². The lowest BCUT2D eigenvalue weighted by molar-refractivity contribution is -0.136. The molecule has 0 fully saturated rings. The largest absolute Gasteiger partial charge is 0.418 e. The zero-order chi connectivity index (χ0) is 21.0. The Kier molecular flexibility index (Phi) is 6.16. The van der Waals surface area contributed by atoms with Gasteiger partial charge in [-0.05, 0) is 18.5 Å². The van der Waals surface area contributed by atoms with Crippen molar-refractivity contribution in [2.45, 2.75) is 13.0 Å². The van der Waals surface area contributed by atoms with E-state index in [1.54, 1.807) is 0 Å². The standard InChI is InChI=1S/C16H9F5N4O3/c1-6(23-15(26)7-4-2-3-5-8(7)24-25-22)16(27)28-14-12(20)10(18)9(17)11(19)13(14)21/h2-6H,1H3,(H,23,26)/t6-/m0/s1. The summed E-state index contributed by atoms with van der Waals surface area (Å²) in [7, 11) is 0. The molecule has 0 aliphatic carbocycles. The molecule has 7 nitrogen and oxygen atoms in total. The van der Waals surface area contributed by atoms with Crippen molar-refractivity contribution in [1.29, 1.82) is 0 Å². The molecule has 0 bridgehead atoms. The van der Waals surface area contributed by atoms with Gasteiger partial charge in [0.25, 0.3) is 5.91 Å². The summed E-state index contributed by atoms with van der Waals surface area (Å²) in [6, 6.07) is 3.93. The Morgan fingerprint density at radius 3 is 2.14 bits per heavy atom. The van der Waals surface area contributed by atoms with Crippen molar-refractivity contribution >= 4 is 17.6 Å². The Morgan fingerprint density at radius 1 is 1.04 bits per heavy atom. The van der Waals surface area contributed by atoms with Gasteiger partial charge in [0.15, 0.2) is 0 Å². The summed E-state index contributed by atoms with van der Waals surface area (Å²) in [6.07, 6.45) is 0. The van der Waals surface area contributed by atoms with Gasteiger partial charge in [-0.25, -0.2) is 18.0 Å². The van der Waals surface area contributed by atoms with Crippen LogP contribution in [0.15, 0.2) is 29.4 Å². The summed E-state index contributed by atoms with van der Waals surface area (Å²) < 4.78 is 70.6. The predicted octanol–water partition coefficient (Wildman–Crippen LogP) is 4.05. The highest BCUT2D eigenvalue weighted by molar-refractivity contribution is 6.00. The van der Waals surface area contributed by atoms with Crippen molar-refractivity contribution in [2.24, 2.45) is 5.11 Å². The number of rotatable bonds is 5. The molecule has 28 heavy (non-hydrogen) atoms. The number of hydrogen-bond acceptors (Lipinski definition) is 4. The van der Waals surface area contributed by atoms with Gasteiger partial charge < -0.3 is 10.1 Å². The fraction of sp³-hybridized carbons (Fsp3) is 0.125. The second kappa shape index (κ2) is 8.35. The van der Waals surface area contributed by atoms with E-state index >= 15 is 0 Å². The molecule has 0 saturated heterocycles. The molecule has 0 aliphatic heterocycles. The van der Waals surface area contributed by atoms with Gasteiger partial charge in [-0.1, -0.05) is 23.3 Å². The number of azide groups is 1.